The zero-order valence-corrected chi connectivity index (χ0v) is 21.5. The fraction of sp³-hybridized carbons (Fsp3) is 0.257. The van der Waals surface area contributed by atoms with E-state index in [1.165, 1.54) is 11.1 Å². The fourth-order valence-corrected chi connectivity index (χ4v) is 5.03. The van der Waals surface area contributed by atoms with Crippen LogP contribution in [0.1, 0.15) is 41.5 Å². The first-order valence-electron chi connectivity index (χ1n) is 13.4. The molecule has 0 aliphatic rings. The highest BCUT2D eigenvalue weighted by atomic mass is 16.1. The van der Waals surface area contributed by atoms with Crippen LogP contribution in [0.2, 0.25) is 0 Å². The van der Waals surface area contributed by atoms with Crippen molar-refractivity contribution >= 4 is 11.6 Å². The Labute approximate surface area is 221 Å². The Kier molecular flexibility index (Phi) is 10.0. The Balaban J connectivity index is 1.51. The summed E-state index contributed by atoms with van der Waals surface area (Å²) in [5, 5.41) is 0. The second-order valence-electron chi connectivity index (χ2n) is 9.91. The SMILES string of the molecule is O=C(CCc1ccccc1)C(Cc1ccccc1)CC(Cc1ccccc1)C(=O)CCc1ccccc1. The number of hydrogen-bond donors (Lipinski definition) is 0. The molecule has 0 aliphatic carbocycles. The van der Waals surface area contributed by atoms with Crippen molar-refractivity contribution in [2.75, 3.05) is 0 Å². The van der Waals surface area contributed by atoms with Gasteiger partial charge in [-0.2, -0.15) is 0 Å². The molecule has 188 valence electrons. The molecule has 0 radical (unpaired) electrons. The van der Waals surface area contributed by atoms with Crippen LogP contribution in [0.4, 0.5) is 0 Å². The number of Topliss-reactive ketones (excluding diaryl/α,β-unsaturated/α-hetero) is 2. The molecule has 0 bridgehead atoms. The maximum atomic E-state index is 13.6. The summed E-state index contributed by atoms with van der Waals surface area (Å²) in [5.41, 5.74) is 4.65. The number of hydrogen-bond acceptors (Lipinski definition) is 2. The topological polar surface area (TPSA) is 34.1 Å². The van der Waals surface area contributed by atoms with Crippen LogP contribution < -0.4 is 0 Å². The number of aryl methyl sites for hydroxylation is 2. The standard InChI is InChI=1S/C35H36O2/c36-34(23-21-28-13-5-1-6-14-28)32(25-30-17-9-3-10-18-30)27-33(26-31-19-11-4-12-20-31)35(37)24-22-29-15-7-2-8-16-29/h1-20,32-33H,21-27H2. The highest BCUT2D eigenvalue weighted by molar-refractivity contribution is 5.85. The minimum absolute atomic E-state index is 0.180. The van der Waals surface area contributed by atoms with Crippen molar-refractivity contribution in [1.29, 1.82) is 0 Å². The Hall–Kier alpha value is -3.78. The molecule has 0 spiro atoms. The molecule has 0 amide bonds. The average Bonchev–Trinajstić information content (AvgIpc) is 2.96. The Morgan fingerprint density at radius 3 is 1.05 bits per heavy atom. The first-order valence-corrected chi connectivity index (χ1v) is 13.4. The third-order valence-electron chi connectivity index (χ3n) is 7.14. The third kappa shape index (κ3) is 8.68. The minimum Gasteiger partial charge on any atom is -0.299 e. The lowest BCUT2D eigenvalue weighted by atomic mass is 9.79. The van der Waals surface area contributed by atoms with E-state index in [1.54, 1.807) is 0 Å². The highest BCUT2D eigenvalue weighted by Crippen LogP contribution is 2.26. The van der Waals surface area contributed by atoms with Gasteiger partial charge < -0.3 is 0 Å². The molecule has 2 heteroatoms. The summed E-state index contributed by atoms with van der Waals surface area (Å²) >= 11 is 0. The first kappa shape index (κ1) is 26.3. The van der Waals surface area contributed by atoms with Crippen LogP contribution in [0.25, 0.3) is 0 Å². The van der Waals surface area contributed by atoms with E-state index < -0.39 is 0 Å². The monoisotopic (exact) mass is 488 g/mol. The number of carbonyl (C=O) groups is 2. The summed E-state index contributed by atoms with van der Waals surface area (Å²) in [5.74, 6) is 0.143. The fourth-order valence-electron chi connectivity index (χ4n) is 5.03. The smallest absolute Gasteiger partial charge is 0.136 e. The van der Waals surface area contributed by atoms with E-state index in [9.17, 15) is 9.59 Å². The minimum atomic E-state index is -0.180. The molecule has 2 atom stereocenters. The average molecular weight is 489 g/mol. The Morgan fingerprint density at radius 1 is 0.432 bits per heavy atom. The molecule has 0 heterocycles. The quantitative estimate of drug-likeness (QED) is 0.184. The molecule has 37 heavy (non-hydrogen) atoms. The van der Waals surface area contributed by atoms with Crippen molar-refractivity contribution in [2.45, 2.75) is 44.9 Å². The lowest BCUT2D eigenvalue weighted by molar-refractivity contribution is -0.126. The summed E-state index contributed by atoms with van der Waals surface area (Å²) in [7, 11) is 0. The van der Waals surface area contributed by atoms with E-state index in [2.05, 4.69) is 48.5 Å². The van der Waals surface area contributed by atoms with Crippen LogP contribution >= 0.6 is 0 Å². The van der Waals surface area contributed by atoms with Gasteiger partial charge in [0.15, 0.2) is 0 Å². The van der Waals surface area contributed by atoms with Crippen molar-refractivity contribution in [1.82, 2.24) is 0 Å². The molecule has 0 aromatic heterocycles. The number of benzene rings is 4. The second kappa shape index (κ2) is 14.1. The van der Waals surface area contributed by atoms with Crippen LogP contribution in [0.15, 0.2) is 121 Å². The molecule has 0 saturated heterocycles. The van der Waals surface area contributed by atoms with E-state index in [1.807, 2.05) is 72.8 Å². The van der Waals surface area contributed by atoms with Gasteiger partial charge in [-0.3, -0.25) is 9.59 Å². The summed E-state index contributed by atoms with van der Waals surface area (Å²) < 4.78 is 0. The van der Waals surface area contributed by atoms with Crippen LogP contribution in [-0.4, -0.2) is 11.6 Å². The molecule has 2 unspecified atom stereocenters. The summed E-state index contributed by atoms with van der Waals surface area (Å²) in [4.78, 5) is 27.2. The van der Waals surface area contributed by atoms with Gasteiger partial charge in [0.25, 0.3) is 0 Å². The molecule has 0 fully saturated rings. The summed E-state index contributed by atoms with van der Waals surface area (Å²) in [6.45, 7) is 0. The van der Waals surface area contributed by atoms with Crippen molar-refractivity contribution in [3.63, 3.8) is 0 Å². The van der Waals surface area contributed by atoms with Crippen LogP contribution in [0, 0.1) is 11.8 Å². The van der Waals surface area contributed by atoms with Gasteiger partial charge in [-0.25, -0.2) is 0 Å². The van der Waals surface area contributed by atoms with Gasteiger partial charge in [-0.1, -0.05) is 121 Å². The molecule has 0 N–H and O–H groups in total. The normalized spacial score (nSPS) is 12.5. The van der Waals surface area contributed by atoms with Gasteiger partial charge in [-0.15, -0.1) is 0 Å². The van der Waals surface area contributed by atoms with Crippen LogP contribution in [0.3, 0.4) is 0 Å². The third-order valence-corrected chi connectivity index (χ3v) is 7.14. The van der Waals surface area contributed by atoms with E-state index in [-0.39, 0.29) is 23.4 Å². The van der Waals surface area contributed by atoms with Crippen molar-refractivity contribution in [3.05, 3.63) is 144 Å². The zero-order valence-electron chi connectivity index (χ0n) is 21.5. The molecule has 0 saturated carbocycles. The van der Waals surface area contributed by atoms with Crippen LogP contribution in [0.5, 0.6) is 0 Å². The van der Waals surface area contributed by atoms with E-state index >= 15 is 0 Å². The van der Waals surface area contributed by atoms with Gasteiger partial charge in [0.1, 0.15) is 11.6 Å². The molecule has 4 aromatic carbocycles. The molecule has 2 nitrogen and oxygen atoms in total. The predicted octanol–water partition coefficient (Wildman–Crippen LogP) is 7.50. The lowest BCUT2D eigenvalue weighted by Gasteiger charge is -2.23. The van der Waals surface area contributed by atoms with Gasteiger partial charge >= 0.3 is 0 Å². The van der Waals surface area contributed by atoms with E-state index in [4.69, 9.17) is 0 Å². The zero-order chi connectivity index (χ0) is 25.7. The van der Waals surface area contributed by atoms with E-state index in [0.29, 0.717) is 32.1 Å². The van der Waals surface area contributed by atoms with Crippen LogP contribution in [-0.2, 0) is 35.3 Å². The molecule has 4 aromatic rings. The van der Waals surface area contributed by atoms with Crippen molar-refractivity contribution in [2.24, 2.45) is 11.8 Å². The highest BCUT2D eigenvalue weighted by Gasteiger charge is 2.27. The van der Waals surface area contributed by atoms with Gasteiger partial charge in [0.05, 0.1) is 0 Å². The first-order chi connectivity index (χ1) is 18.2. The van der Waals surface area contributed by atoms with Crippen molar-refractivity contribution < 1.29 is 9.59 Å². The van der Waals surface area contributed by atoms with Crippen molar-refractivity contribution in [3.8, 4) is 0 Å². The molecular formula is C35H36O2. The van der Waals surface area contributed by atoms with E-state index in [0.717, 1.165) is 24.0 Å². The predicted molar refractivity (Wildman–Crippen MR) is 151 cm³/mol. The molecule has 0 aliphatic heterocycles. The van der Waals surface area contributed by atoms with Gasteiger partial charge in [0.2, 0.25) is 0 Å². The van der Waals surface area contributed by atoms with Gasteiger partial charge in [-0.05, 0) is 54.4 Å². The van der Waals surface area contributed by atoms with Gasteiger partial charge in [0, 0.05) is 24.7 Å². The Bertz CT molecular complexity index is 1120. The maximum Gasteiger partial charge on any atom is 0.136 e. The molecule has 4 rings (SSSR count). The Morgan fingerprint density at radius 2 is 0.730 bits per heavy atom. The summed E-state index contributed by atoms with van der Waals surface area (Å²) in [6, 6.07) is 40.8. The largest absolute Gasteiger partial charge is 0.299 e. The second-order valence-corrected chi connectivity index (χ2v) is 9.91. The number of carbonyl (C=O) groups excluding carboxylic acids is 2. The number of rotatable bonds is 14. The maximum absolute atomic E-state index is 13.6. The summed E-state index contributed by atoms with van der Waals surface area (Å²) in [6.07, 6.45) is 4.39. The lowest BCUT2D eigenvalue weighted by Crippen LogP contribution is -2.27. The molecular weight excluding hydrogens is 452 g/mol. The number of ketones is 2.